The van der Waals surface area contributed by atoms with Crippen molar-refractivity contribution in [2.45, 2.75) is 44.0 Å². The fourth-order valence-electron chi connectivity index (χ4n) is 2.55. The van der Waals surface area contributed by atoms with Crippen LogP contribution in [0, 0.1) is 6.92 Å². The second-order valence-corrected chi connectivity index (χ2v) is 6.35. The van der Waals surface area contributed by atoms with E-state index in [1.807, 2.05) is 43.9 Å². The maximum Gasteiger partial charge on any atom is 0.191 e. The van der Waals surface area contributed by atoms with E-state index < -0.39 is 0 Å². The summed E-state index contributed by atoms with van der Waals surface area (Å²) in [5.41, 5.74) is 2.09. The fraction of sp³-hybridized carbons (Fsp3) is 0.600. The van der Waals surface area contributed by atoms with Crippen LogP contribution in [0.5, 0.6) is 0 Å². The number of guanidine groups is 1. The van der Waals surface area contributed by atoms with Gasteiger partial charge in [-0.1, -0.05) is 6.07 Å². The van der Waals surface area contributed by atoms with Crippen molar-refractivity contribution in [3.63, 3.8) is 0 Å². The Bertz CT molecular complexity index is 467. The number of aliphatic imine (C=N–C) groups is 1. The molecule has 2 rings (SSSR count). The van der Waals surface area contributed by atoms with Gasteiger partial charge in [-0.05, 0) is 44.6 Å². The lowest BCUT2D eigenvalue weighted by Gasteiger charge is -2.17. The van der Waals surface area contributed by atoms with Gasteiger partial charge in [-0.25, -0.2) is 0 Å². The van der Waals surface area contributed by atoms with Crippen LogP contribution in [0.15, 0.2) is 23.2 Å². The van der Waals surface area contributed by atoms with E-state index in [4.69, 9.17) is 0 Å². The predicted octanol–water partition coefficient (Wildman–Crippen LogP) is 2.96. The number of thioether (sulfide) groups is 1. The molecule has 1 fully saturated rings. The number of nitrogens with one attached hydrogen (secondary N) is 2. The van der Waals surface area contributed by atoms with E-state index in [1.54, 1.807) is 0 Å². The van der Waals surface area contributed by atoms with E-state index in [9.17, 15) is 0 Å². The highest BCUT2D eigenvalue weighted by Crippen LogP contribution is 2.27. The zero-order valence-electron chi connectivity index (χ0n) is 12.9. The van der Waals surface area contributed by atoms with Crippen LogP contribution in [0.4, 0.5) is 0 Å². The van der Waals surface area contributed by atoms with Crippen LogP contribution in [0.2, 0.25) is 0 Å². The summed E-state index contributed by atoms with van der Waals surface area (Å²) in [6.45, 7) is 2.72. The van der Waals surface area contributed by atoms with E-state index in [2.05, 4.69) is 26.9 Å². The summed E-state index contributed by atoms with van der Waals surface area (Å²) in [7, 11) is 1.82. The standard InChI is InChI=1S/C15H24N4S.HI/c1-11-5-4-6-13(18-11)10-17-15(16-2)19-12-7-8-14(9-12)20-3;/h4-6,12,14H,7-10H2,1-3H3,(H2,16,17,19);1H. The van der Waals surface area contributed by atoms with Gasteiger partial charge in [-0.2, -0.15) is 11.8 Å². The van der Waals surface area contributed by atoms with Crippen LogP contribution in [0.25, 0.3) is 0 Å². The Hall–Kier alpha value is -0.500. The van der Waals surface area contributed by atoms with Crippen molar-refractivity contribution in [2.24, 2.45) is 4.99 Å². The summed E-state index contributed by atoms with van der Waals surface area (Å²) in [5, 5.41) is 7.65. The second-order valence-electron chi connectivity index (χ2n) is 5.21. The number of rotatable bonds is 4. The number of hydrogen-bond acceptors (Lipinski definition) is 3. The van der Waals surface area contributed by atoms with E-state index in [1.165, 1.54) is 19.3 Å². The molecule has 21 heavy (non-hydrogen) atoms. The zero-order chi connectivity index (χ0) is 14.4. The Labute approximate surface area is 149 Å². The van der Waals surface area contributed by atoms with Gasteiger partial charge in [-0.15, -0.1) is 24.0 Å². The molecule has 1 aromatic heterocycles. The second kappa shape index (κ2) is 9.50. The first-order valence-electron chi connectivity index (χ1n) is 7.13. The molecule has 2 atom stereocenters. The number of aromatic nitrogens is 1. The minimum atomic E-state index is 0. The van der Waals surface area contributed by atoms with E-state index in [-0.39, 0.29) is 24.0 Å². The average molecular weight is 420 g/mol. The predicted molar refractivity (Wildman–Crippen MR) is 103 cm³/mol. The van der Waals surface area contributed by atoms with E-state index in [0.717, 1.165) is 22.6 Å². The summed E-state index contributed by atoms with van der Waals surface area (Å²) >= 11 is 1.97. The largest absolute Gasteiger partial charge is 0.354 e. The molecule has 0 spiro atoms. The number of nitrogens with zero attached hydrogens (tertiary/aromatic N) is 2. The minimum absolute atomic E-state index is 0. The van der Waals surface area contributed by atoms with Crippen molar-refractivity contribution in [3.8, 4) is 0 Å². The summed E-state index contributed by atoms with van der Waals surface area (Å²) in [5.74, 6) is 0.875. The molecule has 118 valence electrons. The summed E-state index contributed by atoms with van der Waals surface area (Å²) in [4.78, 5) is 8.79. The highest BCUT2D eigenvalue weighted by molar-refractivity contribution is 14.0. The van der Waals surface area contributed by atoms with Crippen LogP contribution in [0.1, 0.15) is 30.7 Å². The molecule has 0 amide bonds. The molecule has 1 aliphatic carbocycles. The molecule has 1 aliphatic rings. The van der Waals surface area contributed by atoms with Gasteiger partial charge in [0, 0.05) is 24.0 Å². The summed E-state index contributed by atoms with van der Waals surface area (Å²) in [6, 6.07) is 6.63. The maximum absolute atomic E-state index is 4.49. The third-order valence-corrected chi connectivity index (χ3v) is 4.76. The number of aryl methyl sites for hydroxylation is 1. The van der Waals surface area contributed by atoms with Crippen LogP contribution >= 0.6 is 35.7 Å². The minimum Gasteiger partial charge on any atom is -0.354 e. The third kappa shape index (κ3) is 6.02. The molecule has 0 aromatic carbocycles. The first-order chi connectivity index (χ1) is 9.71. The Morgan fingerprint density at radius 2 is 2.24 bits per heavy atom. The topological polar surface area (TPSA) is 49.3 Å². The van der Waals surface area contributed by atoms with Gasteiger partial charge in [0.25, 0.3) is 0 Å². The van der Waals surface area contributed by atoms with Gasteiger partial charge in [0.05, 0.1) is 12.2 Å². The Kier molecular flexibility index (Phi) is 8.39. The van der Waals surface area contributed by atoms with Gasteiger partial charge in [0.1, 0.15) is 0 Å². The molecule has 1 saturated carbocycles. The highest BCUT2D eigenvalue weighted by atomic mass is 127. The highest BCUT2D eigenvalue weighted by Gasteiger charge is 2.24. The normalized spacial score (nSPS) is 21.8. The molecule has 1 aromatic rings. The molecular weight excluding hydrogens is 395 g/mol. The molecule has 0 saturated heterocycles. The molecule has 0 radical (unpaired) electrons. The van der Waals surface area contributed by atoms with Crippen molar-refractivity contribution in [3.05, 3.63) is 29.6 Å². The lowest BCUT2D eigenvalue weighted by Crippen LogP contribution is -2.42. The Morgan fingerprint density at radius 1 is 1.43 bits per heavy atom. The third-order valence-electron chi connectivity index (χ3n) is 3.67. The van der Waals surface area contributed by atoms with Gasteiger partial charge < -0.3 is 10.6 Å². The monoisotopic (exact) mass is 420 g/mol. The number of hydrogen-bond donors (Lipinski definition) is 2. The Morgan fingerprint density at radius 3 is 2.86 bits per heavy atom. The summed E-state index contributed by atoms with van der Waals surface area (Å²) < 4.78 is 0. The molecule has 0 aliphatic heterocycles. The van der Waals surface area contributed by atoms with E-state index >= 15 is 0 Å². The Balaban J connectivity index is 0.00000220. The van der Waals surface area contributed by atoms with Crippen molar-refractivity contribution in [2.75, 3.05) is 13.3 Å². The number of halogens is 1. The van der Waals surface area contributed by atoms with Gasteiger partial charge in [0.2, 0.25) is 0 Å². The van der Waals surface area contributed by atoms with Crippen LogP contribution in [-0.2, 0) is 6.54 Å². The molecular formula is C15H25IN4S. The lowest BCUT2D eigenvalue weighted by molar-refractivity contribution is 0.613. The molecule has 2 unspecified atom stereocenters. The first-order valence-corrected chi connectivity index (χ1v) is 8.42. The molecule has 4 nitrogen and oxygen atoms in total. The average Bonchev–Trinajstić information content (AvgIpc) is 2.91. The van der Waals surface area contributed by atoms with Gasteiger partial charge >= 0.3 is 0 Å². The van der Waals surface area contributed by atoms with Crippen LogP contribution in [-0.4, -0.2) is 35.5 Å². The summed E-state index contributed by atoms with van der Waals surface area (Å²) in [6.07, 6.45) is 5.96. The van der Waals surface area contributed by atoms with Crippen molar-refractivity contribution in [1.82, 2.24) is 15.6 Å². The fourth-order valence-corrected chi connectivity index (χ4v) is 3.34. The van der Waals surface area contributed by atoms with Crippen molar-refractivity contribution in [1.29, 1.82) is 0 Å². The maximum atomic E-state index is 4.49. The van der Waals surface area contributed by atoms with Crippen molar-refractivity contribution >= 4 is 41.7 Å². The van der Waals surface area contributed by atoms with Crippen LogP contribution in [0.3, 0.4) is 0 Å². The van der Waals surface area contributed by atoms with Gasteiger partial charge in [0.15, 0.2) is 5.96 Å². The smallest absolute Gasteiger partial charge is 0.191 e. The molecule has 2 N–H and O–H groups in total. The number of pyridine rings is 1. The van der Waals surface area contributed by atoms with Gasteiger partial charge in [-0.3, -0.25) is 9.98 Å². The first kappa shape index (κ1) is 18.5. The molecule has 0 bridgehead atoms. The van der Waals surface area contributed by atoms with E-state index in [0.29, 0.717) is 12.6 Å². The van der Waals surface area contributed by atoms with Crippen molar-refractivity contribution < 1.29 is 0 Å². The SMILES string of the molecule is CN=C(NCc1cccc(C)n1)NC1CCC(SC)C1.I. The quantitative estimate of drug-likeness (QED) is 0.447. The lowest BCUT2D eigenvalue weighted by atomic mass is 10.2. The van der Waals surface area contributed by atoms with Crippen LogP contribution < -0.4 is 10.6 Å². The zero-order valence-corrected chi connectivity index (χ0v) is 16.1. The molecule has 6 heteroatoms. The molecule has 1 heterocycles.